The normalized spacial score (nSPS) is 23.3. The van der Waals surface area contributed by atoms with Gasteiger partial charge in [0.15, 0.2) is 0 Å². The van der Waals surface area contributed by atoms with Crippen molar-refractivity contribution in [3.05, 3.63) is 38.9 Å². The summed E-state index contributed by atoms with van der Waals surface area (Å²) in [6.07, 6.45) is 2.19. The van der Waals surface area contributed by atoms with Gasteiger partial charge in [0, 0.05) is 30.7 Å². The number of hydrogen-bond donors (Lipinski definition) is 1. The highest BCUT2D eigenvalue weighted by Crippen LogP contribution is 2.24. The Morgan fingerprint density at radius 2 is 2.14 bits per heavy atom. The second kappa shape index (κ2) is 6.09. The molecule has 0 saturated carbocycles. The molecule has 0 bridgehead atoms. The monoisotopic (exact) mass is 305 g/mol. The van der Waals surface area contributed by atoms with E-state index in [2.05, 4.69) is 28.7 Å². The molecule has 112 valence electrons. The van der Waals surface area contributed by atoms with Crippen LogP contribution in [0.25, 0.3) is 11.4 Å². The number of H-pyrrole nitrogens is 1. The molecule has 5 nitrogen and oxygen atoms in total. The van der Waals surface area contributed by atoms with Crippen molar-refractivity contribution >= 4 is 11.3 Å². The van der Waals surface area contributed by atoms with Gasteiger partial charge in [0.05, 0.1) is 23.6 Å². The number of aromatic amines is 1. The highest BCUT2D eigenvalue weighted by molar-refractivity contribution is 7.09. The number of nitrogens with zero attached hydrogens (tertiary/aromatic N) is 2. The van der Waals surface area contributed by atoms with Gasteiger partial charge in [-0.15, -0.1) is 0 Å². The minimum absolute atomic E-state index is 0.0278. The van der Waals surface area contributed by atoms with Crippen LogP contribution < -0.4 is 4.87 Å². The molecule has 0 amide bonds. The van der Waals surface area contributed by atoms with Crippen molar-refractivity contribution in [2.45, 2.75) is 32.6 Å². The molecule has 21 heavy (non-hydrogen) atoms. The van der Waals surface area contributed by atoms with Crippen LogP contribution in [-0.4, -0.2) is 40.2 Å². The predicted molar refractivity (Wildman–Crippen MR) is 83.5 cm³/mol. The van der Waals surface area contributed by atoms with E-state index in [1.807, 2.05) is 18.2 Å². The van der Waals surface area contributed by atoms with Crippen LogP contribution in [0.3, 0.4) is 0 Å². The molecule has 3 heterocycles. The van der Waals surface area contributed by atoms with Crippen LogP contribution in [-0.2, 0) is 11.3 Å². The molecular formula is C15H19N3O2S. The highest BCUT2D eigenvalue weighted by Gasteiger charge is 2.24. The van der Waals surface area contributed by atoms with E-state index in [-0.39, 0.29) is 17.1 Å². The maximum absolute atomic E-state index is 11.7. The fourth-order valence-electron chi connectivity index (χ4n) is 2.81. The minimum atomic E-state index is -0.0278. The second-order valence-corrected chi connectivity index (χ2v) is 6.55. The summed E-state index contributed by atoms with van der Waals surface area (Å²) < 4.78 is 5.75. The van der Waals surface area contributed by atoms with Gasteiger partial charge in [0.1, 0.15) is 0 Å². The van der Waals surface area contributed by atoms with Crippen molar-refractivity contribution in [3.63, 3.8) is 0 Å². The van der Waals surface area contributed by atoms with Crippen molar-refractivity contribution in [2.75, 3.05) is 13.1 Å². The first kappa shape index (κ1) is 14.4. The molecule has 1 aliphatic heterocycles. The Bertz CT molecular complexity index is 642. The maximum Gasteiger partial charge on any atom is 0.305 e. The molecule has 0 aromatic carbocycles. The average Bonchev–Trinajstić information content (AvgIpc) is 2.79. The first-order valence-corrected chi connectivity index (χ1v) is 7.94. The summed E-state index contributed by atoms with van der Waals surface area (Å²) in [7, 11) is 0. The molecule has 0 aliphatic carbocycles. The smallest absolute Gasteiger partial charge is 0.305 e. The van der Waals surface area contributed by atoms with Gasteiger partial charge in [0.25, 0.3) is 0 Å². The first-order valence-electron chi connectivity index (χ1n) is 7.13. The predicted octanol–water partition coefficient (Wildman–Crippen LogP) is 2.11. The van der Waals surface area contributed by atoms with E-state index in [9.17, 15) is 4.79 Å². The van der Waals surface area contributed by atoms with Gasteiger partial charge < -0.3 is 9.72 Å². The van der Waals surface area contributed by atoms with Gasteiger partial charge in [0.2, 0.25) is 0 Å². The summed E-state index contributed by atoms with van der Waals surface area (Å²) in [6.45, 7) is 6.70. The van der Waals surface area contributed by atoms with E-state index in [1.165, 1.54) is 11.3 Å². The Balaban J connectivity index is 1.84. The third-order valence-electron chi connectivity index (χ3n) is 3.51. The van der Waals surface area contributed by atoms with E-state index in [0.29, 0.717) is 0 Å². The van der Waals surface area contributed by atoms with Gasteiger partial charge in [-0.25, -0.2) is 0 Å². The number of nitrogens with one attached hydrogen (secondary N) is 1. The lowest BCUT2D eigenvalue weighted by atomic mass is 10.2. The number of ether oxygens (including phenoxy) is 1. The van der Waals surface area contributed by atoms with Gasteiger partial charge in [-0.2, -0.15) is 0 Å². The lowest BCUT2D eigenvalue weighted by Crippen LogP contribution is -2.44. The van der Waals surface area contributed by atoms with Crippen molar-refractivity contribution in [3.8, 4) is 11.4 Å². The number of morpholine rings is 1. The summed E-state index contributed by atoms with van der Waals surface area (Å²) >= 11 is 1.27. The van der Waals surface area contributed by atoms with Crippen molar-refractivity contribution in [2.24, 2.45) is 0 Å². The SMILES string of the molecule is CC1CN(Cc2sc(=O)[nH]c2-c2ccccn2)CC(C)O1. The molecule has 6 heteroatoms. The number of pyridine rings is 1. The molecule has 2 aromatic rings. The van der Waals surface area contributed by atoms with Crippen LogP contribution in [0.1, 0.15) is 18.7 Å². The molecule has 0 spiro atoms. The molecule has 1 saturated heterocycles. The second-order valence-electron chi connectivity index (χ2n) is 5.48. The Kier molecular flexibility index (Phi) is 4.19. The molecule has 2 unspecified atom stereocenters. The zero-order valence-electron chi connectivity index (χ0n) is 12.2. The summed E-state index contributed by atoms with van der Waals surface area (Å²) in [6, 6.07) is 5.73. The first-order chi connectivity index (χ1) is 10.1. The lowest BCUT2D eigenvalue weighted by Gasteiger charge is -2.35. The minimum Gasteiger partial charge on any atom is -0.373 e. The molecule has 3 rings (SSSR count). The largest absolute Gasteiger partial charge is 0.373 e. The summed E-state index contributed by atoms with van der Waals surface area (Å²) in [5.41, 5.74) is 1.66. The van der Waals surface area contributed by atoms with Gasteiger partial charge >= 0.3 is 4.87 Å². The molecule has 0 radical (unpaired) electrons. The van der Waals surface area contributed by atoms with E-state index >= 15 is 0 Å². The molecule has 1 aliphatic rings. The molecule has 1 fully saturated rings. The van der Waals surface area contributed by atoms with Crippen LogP contribution in [0.5, 0.6) is 0 Å². The van der Waals surface area contributed by atoms with Gasteiger partial charge in [-0.05, 0) is 26.0 Å². The van der Waals surface area contributed by atoms with E-state index in [4.69, 9.17) is 4.74 Å². The van der Waals surface area contributed by atoms with E-state index in [0.717, 1.165) is 35.9 Å². The quantitative estimate of drug-likeness (QED) is 0.943. The van der Waals surface area contributed by atoms with Crippen molar-refractivity contribution in [1.29, 1.82) is 0 Å². The zero-order valence-corrected chi connectivity index (χ0v) is 13.0. The van der Waals surface area contributed by atoms with Crippen LogP contribution >= 0.6 is 11.3 Å². The van der Waals surface area contributed by atoms with E-state index in [1.54, 1.807) is 6.20 Å². The van der Waals surface area contributed by atoms with Gasteiger partial charge in [-0.1, -0.05) is 17.4 Å². The zero-order chi connectivity index (χ0) is 14.8. The topological polar surface area (TPSA) is 58.2 Å². The Morgan fingerprint density at radius 1 is 1.38 bits per heavy atom. The summed E-state index contributed by atoms with van der Waals surface area (Å²) in [5, 5.41) is 0. The molecule has 2 aromatic heterocycles. The molecule has 1 N–H and O–H groups in total. The highest BCUT2D eigenvalue weighted by atomic mass is 32.1. The number of thiazole rings is 1. The standard InChI is InChI=1S/C15H19N3O2S/c1-10-7-18(8-11(2)20-10)9-13-14(17-15(19)21-13)12-5-3-4-6-16-12/h3-6,10-11H,7-9H2,1-2H3,(H,17,19). The van der Waals surface area contributed by atoms with Crippen LogP contribution in [0.15, 0.2) is 29.2 Å². The fourth-order valence-corrected chi connectivity index (χ4v) is 3.69. The Hall–Kier alpha value is -1.50. The number of hydrogen-bond acceptors (Lipinski definition) is 5. The lowest BCUT2D eigenvalue weighted by molar-refractivity contribution is -0.0702. The number of aromatic nitrogens is 2. The van der Waals surface area contributed by atoms with Crippen molar-refractivity contribution in [1.82, 2.24) is 14.9 Å². The van der Waals surface area contributed by atoms with Crippen molar-refractivity contribution < 1.29 is 4.74 Å². The molecule has 2 atom stereocenters. The third kappa shape index (κ3) is 3.40. The summed E-state index contributed by atoms with van der Waals surface area (Å²) in [4.78, 5) is 22.4. The fraction of sp³-hybridized carbons (Fsp3) is 0.467. The maximum atomic E-state index is 11.7. The Morgan fingerprint density at radius 3 is 2.81 bits per heavy atom. The van der Waals surface area contributed by atoms with Crippen LogP contribution in [0, 0.1) is 0 Å². The average molecular weight is 305 g/mol. The Labute approximate surface area is 127 Å². The molecular weight excluding hydrogens is 286 g/mol. The van der Waals surface area contributed by atoms with Crippen LogP contribution in [0.2, 0.25) is 0 Å². The number of rotatable bonds is 3. The van der Waals surface area contributed by atoms with Crippen LogP contribution in [0.4, 0.5) is 0 Å². The third-order valence-corrected chi connectivity index (χ3v) is 4.37. The van der Waals surface area contributed by atoms with Gasteiger partial charge in [-0.3, -0.25) is 14.7 Å². The summed E-state index contributed by atoms with van der Waals surface area (Å²) in [5.74, 6) is 0. The van der Waals surface area contributed by atoms with E-state index < -0.39 is 0 Å².